The molecule has 0 atom stereocenters. The van der Waals surface area contributed by atoms with Gasteiger partial charge in [0.05, 0.1) is 52.9 Å². The molecule has 124 valence electrons. The zero-order valence-corrected chi connectivity index (χ0v) is 13.3. The molecular weight excluding hydrogens is 274 g/mol. The third-order valence-electron chi connectivity index (χ3n) is 2.42. The van der Waals surface area contributed by atoms with Gasteiger partial charge in [-0.2, -0.15) is 0 Å². The molecule has 0 fully saturated rings. The Morgan fingerprint density at radius 1 is 0.952 bits per heavy atom. The highest BCUT2D eigenvalue weighted by atomic mass is 16.6. The molecule has 0 heterocycles. The molecule has 0 aliphatic heterocycles. The lowest BCUT2D eigenvalue weighted by atomic mass is 10.2. The van der Waals surface area contributed by atoms with Gasteiger partial charge in [-0.05, 0) is 0 Å². The van der Waals surface area contributed by atoms with Crippen molar-refractivity contribution in [2.24, 2.45) is 5.92 Å². The Balaban J connectivity index is 3.06. The van der Waals surface area contributed by atoms with E-state index in [0.717, 1.165) is 0 Å². The van der Waals surface area contributed by atoms with Gasteiger partial charge in [0.2, 0.25) is 5.91 Å². The molecule has 0 unspecified atom stereocenters. The van der Waals surface area contributed by atoms with Crippen LogP contribution in [0.1, 0.15) is 13.8 Å². The lowest BCUT2D eigenvalue weighted by Gasteiger charge is -2.09. The van der Waals surface area contributed by atoms with E-state index in [0.29, 0.717) is 59.4 Å². The Bertz CT molecular complexity index is 258. The van der Waals surface area contributed by atoms with E-state index in [1.165, 1.54) is 0 Å². The maximum Gasteiger partial charge on any atom is 0.222 e. The molecule has 0 aliphatic rings. The number of nitrogens with one attached hydrogen (secondary N) is 1. The van der Waals surface area contributed by atoms with E-state index in [1.807, 2.05) is 13.8 Å². The monoisotopic (exact) mass is 303 g/mol. The van der Waals surface area contributed by atoms with Gasteiger partial charge in [0, 0.05) is 12.5 Å². The van der Waals surface area contributed by atoms with Crippen LogP contribution in [0.4, 0.5) is 0 Å². The van der Waals surface area contributed by atoms with Crippen molar-refractivity contribution in [3.05, 3.63) is 12.7 Å². The second-order valence-corrected chi connectivity index (χ2v) is 4.65. The summed E-state index contributed by atoms with van der Waals surface area (Å²) in [4.78, 5) is 11.2. The molecule has 1 N–H and O–H groups in total. The molecule has 0 aromatic rings. The fourth-order valence-electron chi connectivity index (χ4n) is 1.28. The number of amides is 1. The molecule has 0 radical (unpaired) electrons. The summed E-state index contributed by atoms with van der Waals surface area (Å²) in [6.07, 6.45) is 1.71. The number of hydrogen-bond donors (Lipinski definition) is 1. The van der Waals surface area contributed by atoms with Crippen LogP contribution in [0.5, 0.6) is 0 Å². The van der Waals surface area contributed by atoms with E-state index in [1.54, 1.807) is 6.08 Å². The smallest absolute Gasteiger partial charge is 0.222 e. The Hall–Kier alpha value is -0.950. The van der Waals surface area contributed by atoms with Crippen molar-refractivity contribution < 1.29 is 23.7 Å². The number of carbonyl (C=O) groups excluding carboxylic acids is 1. The molecule has 0 rings (SSSR count). The first-order chi connectivity index (χ1) is 10.2. The van der Waals surface area contributed by atoms with Gasteiger partial charge in [-0.15, -0.1) is 6.58 Å². The van der Waals surface area contributed by atoms with Gasteiger partial charge < -0.3 is 24.3 Å². The minimum absolute atomic E-state index is 0.00973. The summed E-state index contributed by atoms with van der Waals surface area (Å²) in [6.45, 7) is 12.1. The van der Waals surface area contributed by atoms with Crippen LogP contribution in [0.3, 0.4) is 0 Å². The normalized spacial score (nSPS) is 10.8. The van der Waals surface area contributed by atoms with Crippen molar-refractivity contribution in [1.29, 1.82) is 0 Å². The van der Waals surface area contributed by atoms with Crippen LogP contribution in [0.2, 0.25) is 0 Å². The van der Waals surface area contributed by atoms with E-state index in [-0.39, 0.29) is 11.8 Å². The molecular formula is C15H29NO5. The minimum atomic E-state index is 0.00973. The van der Waals surface area contributed by atoms with E-state index < -0.39 is 0 Å². The number of ether oxygens (including phenoxy) is 4. The average molecular weight is 303 g/mol. The molecule has 0 bridgehead atoms. The predicted octanol–water partition coefficient (Wildman–Crippen LogP) is 1.01. The maximum absolute atomic E-state index is 11.2. The van der Waals surface area contributed by atoms with Crippen molar-refractivity contribution in [3.63, 3.8) is 0 Å². The van der Waals surface area contributed by atoms with Gasteiger partial charge in [0.15, 0.2) is 0 Å². The van der Waals surface area contributed by atoms with Gasteiger partial charge in [-0.1, -0.05) is 19.9 Å². The minimum Gasteiger partial charge on any atom is -0.377 e. The summed E-state index contributed by atoms with van der Waals surface area (Å²) >= 11 is 0. The van der Waals surface area contributed by atoms with Gasteiger partial charge in [-0.3, -0.25) is 4.79 Å². The van der Waals surface area contributed by atoms with Crippen LogP contribution in [0, 0.1) is 5.92 Å². The molecule has 0 saturated heterocycles. The van der Waals surface area contributed by atoms with Gasteiger partial charge >= 0.3 is 0 Å². The average Bonchev–Trinajstić information content (AvgIpc) is 2.47. The molecule has 0 aromatic heterocycles. The molecule has 0 aliphatic carbocycles. The first-order valence-corrected chi connectivity index (χ1v) is 7.38. The summed E-state index contributed by atoms with van der Waals surface area (Å²) in [5.74, 6) is 0.0552. The number of carbonyl (C=O) groups is 1. The van der Waals surface area contributed by atoms with Crippen molar-refractivity contribution in [2.45, 2.75) is 13.8 Å². The SMILES string of the molecule is C=CCOCCOCCOCCOCCNC(=O)C(C)C. The fourth-order valence-corrected chi connectivity index (χ4v) is 1.28. The Labute approximate surface area is 127 Å². The Kier molecular flexibility index (Phi) is 14.7. The summed E-state index contributed by atoms with van der Waals surface area (Å²) < 4.78 is 21.1. The molecule has 0 aromatic carbocycles. The highest BCUT2D eigenvalue weighted by molar-refractivity contribution is 5.77. The molecule has 0 saturated carbocycles. The lowest BCUT2D eigenvalue weighted by Crippen LogP contribution is -2.31. The second-order valence-electron chi connectivity index (χ2n) is 4.65. The van der Waals surface area contributed by atoms with Crippen LogP contribution < -0.4 is 5.32 Å². The molecule has 1 amide bonds. The molecule has 6 nitrogen and oxygen atoms in total. The highest BCUT2D eigenvalue weighted by Crippen LogP contribution is 1.89. The van der Waals surface area contributed by atoms with E-state index in [4.69, 9.17) is 18.9 Å². The number of hydrogen-bond acceptors (Lipinski definition) is 5. The second kappa shape index (κ2) is 15.4. The fraction of sp³-hybridized carbons (Fsp3) is 0.800. The number of rotatable bonds is 15. The largest absolute Gasteiger partial charge is 0.377 e. The lowest BCUT2D eigenvalue weighted by molar-refractivity contribution is -0.124. The molecule has 0 spiro atoms. The third-order valence-corrected chi connectivity index (χ3v) is 2.42. The van der Waals surface area contributed by atoms with Gasteiger partial charge in [0.1, 0.15) is 0 Å². The van der Waals surface area contributed by atoms with Crippen LogP contribution in [0.15, 0.2) is 12.7 Å². The molecule has 21 heavy (non-hydrogen) atoms. The van der Waals surface area contributed by atoms with Crippen molar-refractivity contribution in [3.8, 4) is 0 Å². The van der Waals surface area contributed by atoms with Crippen LogP contribution in [-0.2, 0) is 23.7 Å². The Morgan fingerprint density at radius 2 is 1.43 bits per heavy atom. The van der Waals surface area contributed by atoms with Gasteiger partial charge in [0.25, 0.3) is 0 Å². The molecule has 6 heteroatoms. The van der Waals surface area contributed by atoms with Crippen molar-refractivity contribution in [2.75, 3.05) is 59.4 Å². The Morgan fingerprint density at radius 3 is 1.90 bits per heavy atom. The standard InChI is InChI=1S/C15H29NO5/c1-4-6-18-8-10-20-12-13-21-11-9-19-7-5-16-15(17)14(2)3/h4,14H,1,5-13H2,2-3H3,(H,16,17). The summed E-state index contributed by atoms with van der Waals surface area (Å²) in [7, 11) is 0. The predicted molar refractivity (Wildman–Crippen MR) is 81.3 cm³/mol. The van der Waals surface area contributed by atoms with E-state index in [9.17, 15) is 4.79 Å². The topological polar surface area (TPSA) is 66.0 Å². The highest BCUT2D eigenvalue weighted by Gasteiger charge is 2.04. The van der Waals surface area contributed by atoms with Crippen LogP contribution in [0.25, 0.3) is 0 Å². The zero-order valence-electron chi connectivity index (χ0n) is 13.3. The zero-order chi connectivity index (χ0) is 15.8. The van der Waals surface area contributed by atoms with Crippen LogP contribution in [-0.4, -0.2) is 65.3 Å². The van der Waals surface area contributed by atoms with Crippen molar-refractivity contribution >= 4 is 5.91 Å². The van der Waals surface area contributed by atoms with E-state index in [2.05, 4.69) is 11.9 Å². The first-order valence-electron chi connectivity index (χ1n) is 7.38. The first kappa shape index (κ1) is 20.1. The summed E-state index contributed by atoms with van der Waals surface area (Å²) in [6, 6.07) is 0. The van der Waals surface area contributed by atoms with Gasteiger partial charge in [-0.25, -0.2) is 0 Å². The van der Waals surface area contributed by atoms with E-state index >= 15 is 0 Å². The third kappa shape index (κ3) is 15.3. The summed E-state index contributed by atoms with van der Waals surface area (Å²) in [5.41, 5.74) is 0. The summed E-state index contributed by atoms with van der Waals surface area (Å²) in [5, 5.41) is 2.78. The maximum atomic E-state index is 11.2. The van der Waals surface area contributed by atoms with Crippen molar-refractivity contribution in [1.82, 2.24) is 5.32 Å². The quantitative estimate of drug-likeness (QED) is 0.361. The van der Waals surface area contributed by atoms with Crippen LogP contribution >= 0.6 is 0 Å².